The normalized spacial score (nSPS) is 15.3. The number of carbonyl (C=O) groups is 1. The van der Waals surface area contributed by atoms with Crippen molar-refractivity contribution in [1.82, 2.24) is 10.1 Å². The van der Waals surface area contributed by atoms with Gasteiger partial charge in [-0.05, 0) is 31.2 Å². The Labute approximate surface area is 174 Å². The van der Waals surface area contributed by atoms with E-state index in [0.717, 1.165) is 47.0 Å². The predicted molar refractivity (Wildman–Crippen MR) is 112 cm³/mol. The van der Waals surface area contributed by atoms with Gasteiger partial charge in [-0.1, -0.05) is 28.9 Å². The lowest BCUT2D eigenvalue weighted by Gasteiger charge is -2.36. The van der Waals surface area contributed by atoms with E-state index in [-0.39, 0.29) is 12.5 Å². The third-order valence-electron chi connectivity index (χ3n) is 5.74. The van der Waals surface area contributed by atoms with Crippen LogP contribution in [0.5, 0.6) is 11.5 Å². The first-order valence-corrected chi connectivity index (χ1v) is 10.1. The number of para-hydroxylation sites is 2. The van der Waals surface area contributed by atoms with E-state index < -0.39 is 0 Å². The van der Waals surface area contributed by atoms with Crippen LogP contribution in [0.15, 0.2) is 47.0 Å². The summed E-state index contributed by atoms with van der Waals surface area (Å²) >= 11 is 0. The molecule has 3 aromatic rings. The topological polar surface area (TPSA) is 68.0 Å². The minimum Gasteiger partial charge on any atom is -0.495 e. The Morgan fingerprint density at radius 2 is 1.90 bits per heavy atom. The molecule has 154 valence electrons. The average molecular weight is 405 g/mol. The molecular weight excluding hydrogens is 382 g/mol. The second-order valence-electron chi connectivity index (χ2n) is 7.58. The molecule has 3 heterocycles. The zero-order valence-electron chi connectivity index (χ0n) is 17.1. The minimum absolute atomic E-state index is 0.112. The van der Waals surface area contributed by atoms with E-state index in [2.05, 4.69) is 10.1 Å². The monoisotopic (exact) mass is 405 g/mol. The molecule has 1 amide bonds. The summed E-state index contributed by atoms with van der Waals surface area (Å²) in [6.45, 7) is 4.97. The van der Waals surface area contributed by atoms with Crippen LogP contribution in [0.25, 0.3) is 11.3 Å². The Kier molecular flexibility index (Phi) is 4.58. The first-order valence-electron chi connectivity index (χ1n) is 10.1. The van der Waals surface area contributed by atoms with Crippen LogP contribution in [0.3, 0.4) is 0 Å². The van der Waals surface area contributed by atoms with Crippen molar-refractivity contribution in [2.24, 2.45) is 0 Å². The number of methoxy groups -OCH3 is 1. The van der Waals surface area contributed by atoms with Gasteiger partial charge in [0.1, 0.15) is 18.1 Å². The SMILES string of the molecule is COc1ccccc1N1CCN(C(=O)c2noc3c2COc2ccc(C)cc2-3)CC1. The van der Waals surface area contributed by atoms with Gasteiger partial charge in [0.2, 0.25) is 0 Å². The lowest BCUT2D eigenvalue weighted by atomic mass is 10.0. The molecule has 0 N–H and O–H groups in total. The second kappa shape index (κ2) is 7.40. The van der Waals surface area contributed by atoms with Gasteiger partial charge in [-0.3, -0.25) is 4.79 Å². The first-order chi connectivity index (χ1) is 14.7. The van der Waals surface area contributed by atoms with Gasteiger partial charge in [-0.25, -0.2) is 0 Å². The molecule has 1 aromatic heterocycles. The van der Waals surface area contributed by atoms with E-state index in [4.69, 9.17) is 14.0 Å². The van der Waals surface area contributed by atoms with E-state index >= 15 is 0 Å². The number of amides is 1. The van der Waals surface area contributed by atoms with Crippen molar-refractivity contribution in [3.63, 3.8) is 0 Å². The number of fused-ring (bicyclic) bond motifs is 3. The molecule has 0 atom stereocenters. The summed E-state index contributed by atoms with van der Waals surface area (Å²) in [5.74, 6) is 2.12. The van der Waals surface area contributed by atoms with Gasteiger partial charge in [0.15, 0.2) is 11.5 Å². The average Bonchev–Trinajstić information content (AvgIpc) is 3.23. The molecule has 0 radical (unpaired) electrons. The molecular formula is C23H23N3O4. The van der Waals surface area contributed by atoms with Gasteiger partial charge in [0.25, 0.3) is 5.91 Å². The maximum Gasteiger partial charge on any atom is 0.276 e. The van der Waals surface area contributed by atoms with Gasteiger partial charge in [-0.2, -0.15) is 0 Å². The fourth-order valence-electron chi connectivity index (χ4n) is 4.11. The highest BCUT2D eigenvalue weighted by Crippen LogP contribution is 2.39. The van der Waals surface area contributed by atoms with Crippen LogP contribution >= 0.6 is 0 Å². The van der Waals surface area contributed by atoms with Crippen LogP contribution in [0.4, 0.5) is 5.69 Å². The van der Waals surface area contributed by atoms with Crippen molar-refractivity contribution >= 4 is 11.6 Å². The molecule has 2 aliphatic rings. The number of hydrogen-bond donors (Lipinski definition) is 0. The van der Waals surface area contributed by atoms with Crippen molar-refractivity contribution in [3.8, 4) is 22.8 Å². The van der Waals surface area contributed by atoms with Crippen LogP contribution in [-0.2, 0) is 6.61 Å². The number of aromatic nitrogens is 1. The molecule has 1 saturated heterocycles. The molecule has 2 aromatic carbocycles. The van der Waals surface area contributed by atoms with E-state index in [1.54, 1.807) is 7.11 Å². The Morgan fingerprint density at radius 1 is 1.10 bits per heavy atom. The molecule has 5 rings (SSSR count). The van der Waals surface area contributed by atoms with E-state index in [1.165, 1.54) is 0 Å². The van der Waals surface area contributed by atoms with Crippen molar-refractivity contribution in [2.45, 2.75) is 13.5 Å². The molecule has 2 aliphatic heterocycles. The van der Waals surface area contributed by atoms with Crippen LogP contribution in [0.2, 0.25) is 0 Å². The Hall–Kier alpha value is -3.48. The molecule has 0 saturated carbocycles. The maximum atomic E-state index is 13.2. The highest BCUT2D eigenvalue weighted by molar-refractivity contribution is 5.96. The number of anilines is 1. The highest BCUT2D eigenvalue weighted by atomic mass is 16.5. The lowest BCUT2D eigenvalue weighted by molar-refractivity contribution is 0.0734. The molecule has 0 aliphatic carbocycles. The summed E-state index contributed by atoms with van der Waals surface area (Å²) in [4.78, 5) is 17.3. The highest BCUT2D eigenvalue weighted by Gasteiger charge is 2.32. The van der Waals surface area contributed by atoms with Gasteiger partial charge in [0.05, 0.1) is 23.9 Å². The Balaban J connectivity index is 1.34. The number of rotatable bonds is 3. The van der Waals surface area contributed by atoms with Crippen molar-refractivity contribution in [2.75, 3.05) is 38.2 Å². The Morgan fingerprint density at radius 3 is 2.70 bits per heavy atom. The number of aryl methyl sites for hydroxylation is 1. The summed E-state index contributed by atoms with van der Waals surface area (Å²) in [7, 11) is 1.67. The van der Waals surface area contributed by atoms with Gasteiger partial charge >= 0.3 is 0 Å². The fraction of sp³-hybridized carbons (Fsp3) is 0.304. The lowest BCUT2D eigenvalue weighted by Crippen LogP contribution is -2.49. The first kappa shape index (κ1) is 18.5. The van der Waals surface area contributed by atoms with E-state index in [1.807, 2.05) is 54.3 Å². The van der Waals surface area contributed by atoms with Crippen LogP contribution in [0.1, 0.15) is 21.6 Å². The van der Waals surface area contributed by atoms with Crippen molar-refractivity contribution in [1.29, 1.82) is 0 Å². The molecule has 1 fully saturated rings. The summed E-state index contributed by atoms with van der Waals surface area (Å²) < 4.78 is 16.9. The summed E-state index contributed by atoms with van der Waals surface area (Å²) in [5.41, 5.74) is 4.07. The molecule has 7 nitrogen and oxygen atoms in total. The smallest absolute Gasteiger partial charge is 0.276 e. The minimum atomic E-state index is -0.112. The van der Waals surface area contributed by atoms with Crippen LogP contribution in [-0.4, -0.2) is 49.3 Å². The predicted octanol–water partition coefficient (Wildman–Crippen LogP) is 3.51. The Bertz CT molecular complexity index is 1100. The van der Waals surface area contributed by atoms with E-state index in [0.29, 0.717) is 24.5 Å². The summed E-state index contributed by atoms with van der Waals surface area (Å²) in [6.07, 6.45) is 0. The zero-order chi connectivity index (χ0) is 20.7. The van der Waals surface area contributed by atoms with Crippen molar-refractivity contribution in [3.05, 3.63) is 59.3 Å². The quantitative estimate of drug-likeness (QED) is 0.664. The van der Waals surface area contributed by atoms with Gasteiger partial charge < -0.3 is 23.8 Å². The number of benzene rings is 2. The number of carbonyl (C=O) groups excluding carboxylic acids is 1. The second-order valence-corrected chi connectivity index (χ2v) is 7.58. The van der Waals surface area contributed by atoms with Gasteiger partial charge in [-0.15, -0.1) is 0 Å². The largest absolute Gasteiger partial charge is 0.495 e. The molecule has 0 bridgehead atoms. The maximum absolute atomic E-state index is 13.2. The number of nitrogens with zero attached hydrogens (tertiary/aromatic N) is 3. The third kappa shape index (κ3) is 3.07. The number of ether oxygens (including phenoxy) is 2. The molecule has 0 spiro atoms. The van der Waals surface area contributed by atoms with E-state index in [9.17, 15) is 4.79 Å². The number of piperazine rings is 1. The van der Waals surface area contributed by atoms with Crippen molar-refractivity contribution < 1.29 is 18.8 Å². The number of hydrogen-bond acceptors (Lipinski definition) is 6. The standard InChI is InChI=1S/C23H23N3O4/c1-15-7-8-19-16(13-15)22-17(14-29-19)21(24-30-22)23(27)26-11-9-25(10-12-26)18-5-3-4-6-20(18)28-2/h3-8,13H,9-12,14H2,1-2H3. The third-order valence-corrected chi connectivity index (χ3v) is 5.74. The summed E-state index contributed by atoms with van der Waals surface area (Å²) in [5, 5.41) is 4.13. The fourth-order valence-corrected chi connectivity index (χ4v) is 4.11. The summed E-state index contributed by atoms with van der Waals surface area (Å²) in [6, 6.07) is 13.9. The zero-order valence-corrected chi connectivity index (χ0v) is 17.1. The molecule has 7 heteroatoms. The molecule has 30 heavy (non-hydrogen) atoms. The van der Waals surface area contributed by atoms with Crippen LogP contribution < -0.4 is 14.4 Å². The molecule has 0 unspecified atom stereocenters. The van der Waals surface area contributed by atoms with Gasteiger partial charge in [0, 0.05) is 26.2 Å². The van der Waals surface area contributed by atoms with Crippen LogP contribution in [0, 0.1) is 6.92 Å².